The summed E-state index contributed by atoms with van der Waals surface area (Å²) in [6, 6.07) is 4.70. The standard InChI is InChI=1S/C16H12Cl2F4N2O2S/c1-24(2)27-23-15(25)9-6-12(18)14(7-13(9)19)26-8-3-4-11(17)10(5-8)16(20,21)22/h3-7H,1-2H3,(H,23,25). The molecule has 0 aliphatic rings. The fourth-order valence-electron chi connectivity index (χ4n) is 1.88. The number of benzene rings is 2. The average molecular weight is 443 g/mol. The molecule has 0 spiro atoms. The lowest BCUT2D eigenvalue weighted by Crippen LogP contribution is -2.21. The van der Waals surface area contributed by atoms with Crippen LogP contribution >= 0.6 is 35.3 Å². The van der Waals surface area contributed by atoms with Crippen molar-refractivity contribution in [2.24, 2.45) is 0 Å². The van der Waals surface area contributed by atoms with Gasteiger partial charge in [0.05, 0.1) is 21.2 Å². The first-order valence-corrected chi connectivity index (χ1v) is 8.70. The van der Waals surface area contributed by atoms with Crippen LogP contribution in [0.5, 0.6) is 11.5 Å². The molecule has 11 heteroatoms. The Bertz CT molecular complexity index is 863. The number of rotatable bonds is 5. The third kappa shape index (κ3) is 5.65. The van der Waals surface area contributed by atoms with E-state index in [9.17, 15) is 22.4 Å². The summed E-state index contributed by atoms with van der Waals surface area (Å²) < 4.78 is 62.1. The molecule has 4 nitrogen and oxygen atoms in total. The molecule has 27 heavy (non-hydrogen) atoms. The van der Waals surface area contributed by atoms with Crippen LogP contribution in [0.2, 0.25) is 10.0 Å². The minimum absolute atomic E-state index is 0.153. The van der Waals surface area contributed by atoms with Crippen molar-refractivity contribution in [3.8, 4) is 11.5 Å². The number of nitrogens with zero attached hydrogens (tertiary/aromatic N) is 1. The highest BCUT2D eigenvalue weighted by Gasteiger charge is 2.33. The van der Waals surface area contributed by atoms with Crippen molar-refractivity contribution in [1.82, 2.24) is 9.03 Å². The Kier molecular flexibility index (Phi) is 6.85. The van der Waals surface area contributed by atoms with Gasteiger partial charge in [-0.2, -0.15) is 13.2 Å². The molecule has 0 aliphatic carbocycles. The van der Waals surface area contributed by atoms with Crippen molar-refractivity contribution in [2.45, 2.75) is 6.18 Å². The lowest BCUT2D eigenvalue weighted by atomic mass is 10.2. The first-order chi connectivity index (χ1) is 12.5. The normalized spacial score (nSPS) is 11.6. The van der Waals surface area contributed by atoms with Gasteiger partial charge in [0, 0.05) is 18.2 Å². The fourth-order valence-corrected chi connectivity index (χ4v) is 2.68. The van der Waals surface area contributed by atoms with Gasteiger partial charge in [0.15, 0.2) is 0 Å². The summed E-state index contributed by atoms with van der Waals surface area (Å²) in [4.78, 5) is 11.9. The summed E-state index contributed by atoms with van der Waals surface area (Å²) in [5.41, 5.74) is -1.44. The number of halogens is 6. The van der Waals surface area contributed by atoms with Crippen LogP contribution in [-0.2, 0) is 6.18 Å². The summed E-state index contributed by atoms with van der Waals surface area (Å²) in [7, 11) is 3.35. The van der Waals surface area contributed by atoms with Gasteiger partial charge in [0.1, 0.15) is 17.3 Å². The lowest BCUT2D eigenvalue weighted by Gasteiger charge is -2.14. The van der Waals surface area contributed by atoms with Gasteiger partial charge in [0.25, 0.3) is 5.91 Å². The number of alkyl halides is 3. The lowest BCUT2D eigenvalue weighted by molar-refractivity contribution is -0.137. The van der Waals surface area contributed by atoms with Crippen LogP contribution in [0.1, 0.15) is 15.9 Å². The molecule has 146 valence electrons. The molecule has 1 amide bonds. The number of nitrogens with one attached hydrogen (secondary N) is 1. The Morgan fingerprint density at radius 3 is 2.41 bits per heavy atom. The fraction of sp³-hybridized carbons (Fsp3) is 0.188. The quantitative estimate of drug-likeness (QED) is 0.469. The highest BCUT2D eigenvalue weighted by atomic mass is 35.5. The zero-order valence-corrected chi connectivity index (χ0v) is 16.2. The zero-order chi connectivity index (χ0) is 20.4. The second-order valence-corrected chi connectivity index (χ2v) is 7.27. The van der Waals surface area contributed by atoms with E-state index in [0.29, 0.717) is 6.07 Å². The van der Waals surface area contributed by atoms with E-state index < -0.39 is 28.5 Å². The molecule has 0 bridgehead atoms. The van der Waals surface area contributed by atoms with Crippen LogP contribution in [0.4, 0.5) is 17.6 Å². The molecule has 0 heterocycles. The van der Waals surface area contributed by atoms with E-state index in [1.807, 2.05) is 0 Å². The van der Waals surface area contributed by atoms with Gasteiger partial charge in [-0.3, -0.25) is 9.52 Å². The molecule has 0 atom stereocenters. The van der Waals surface area contributed by atoms with Gasteiger partial charge in [-0.15, -0.1) is 0 Å². The molecule has 0 radical (unpaired) electrons. The maximum absolute atomic E-state index is 14.2. The first-order valence-electron chi connectivity index (χ1n) is 7.17. The van der Waals surface area contributed by atoms with Gasteiger partial charge >= 0.3 is 6.18 Å². The average Bonchev–Trinajstić information content (AvgIpc) is 2.56. The van der Waals surface area contributed by atoms with Crippen LogP contribution in [0.3, 0.4) is 0 Å². The van der Waals surface area contributed by atoms with Gasteiger partial charge in [0.2, 0.25) is 0 Å². The molecule has 0 aliphatic heterocycles. The minimum Gasteiger partial charge on any atom is -0.456 e. The first kappa shape index (κ1) is 21.6. The van der Waals surface area contributed by atoms with Gasteiger partial charge in [-0.25, -0.2) is 8.70 Å². The highest BCUT2D eigenvalue weighted by molar-refractivity contribution is 7.95. The highest BCUT2D eigenvalue weighted by Crippen LogP contribution is 2.39. The van der Waals surface area contributed by atoms with Crippen molar-refractivity contribution >= 4 is 41.2 Å². The van der Waals surface area contributed by atoms with E-state index in [0.717, 1.165) is 30.3 Å². The summed E-state index contributed by atoms with van der Waals surface area (Å²) in [6.07, 6.45) is -4.68. The van der Waals surface area contributed by atoms with Crippen LogP contribution in [0.15, 0.2) is 30.3 Å². The molecule has 2 aromatic rings. The molecule has 1 N–H and O–H groups in total. The number of amides is 1. The van der Waals surface area contributed by atoms with Crippen molar-refractivity contribution in [3.63, 3.8) is 0 Å². The molecule has 0 unspecified atom stereocenters. The van der Waals surface area contributed by atoms with Crippen molar-refractivity contribution in [2.75, 3.05) is 14.1 Å². The van der Waals surface area contributed by atoms with Crippen molar-refractivity contribution in [1.29, 1.82) is 0 Å². The topological polar surface area (TPSA) is 41.6 Å². The molecule has 0 fully saturated rings. The molecule has 0 saturated heterocycles. The Morgan fingerprint density at radius 2 is 1.81 bits per heavy atom. The molecular formula is C16H12Cl2F4N2O2S. The molecular weight excluding hydrogens is 431 g/mol. The maximum Gasteiger partial charge on any atom is 0.417 e. The zero-order valence-electron chi connectivity index (χ0n) is 13.8. The number of ether oxygens (including phenoxy) is 1. The predicted octanol–water partition coefficient (Wildman–Crippen LogP) is 5.80. The number of carbonyl (C=O) groups is 1. The third-order valence-electron chi connectivity index (χ3n) is 3.06. The SMILES string of the molecule is CN(C)SNC(=O)c1cc(Cl)c(Oc2ccc(Cl)c(C(F)(F)F)c2)cc1F. The number of hydrogen-bond acceptors (Lipinski definition) is 4. The Balaban J connectivity index is 2.28. The Morgan fingerprint density at radius 1 is 1.15 bits per heavy atom. The van der Waals surface area contributed by atoms with E-state index in [4.69, 9.17) is 27.9 Å². The van der Waals surface area contributed by atoms with E-state index in [2.05, 4.69) is 4.72 Å². The van der Waals surface area contributed by atoms with E-state index in [1.165, 1.54) is 6.07 Å². The molecule has 0 saturated carbocycles. The summed E-state index contributed by atoms with van der Waals surface area (Å²) in [5.74, 6) is -2.17. The van der Waals surface area contributed by atoms with Crippen LogP contribution in [-0.4, -0.2) is 24.3 Å². The van der Waals surface area contributed by atoms with Gasteiger partial charge < -0.3 is 4.74 Å². The van der Waals surface area contributed by atoms with E-state index in [-0.39, 0.29) is 22.1 Å². The van der Waals surface area contributed by atoms with E-state index in [1.54, 1.807) is 18.4 Å². The van der Waals surface area contributed by atoms with Crippen LogP contribution in [0, 0.1) is 5.82 Å². The van der Waals surface area contributed by atoms with Crippen LogP contribution < -0.4 is 9.46 Å². The van der Waals surface area contributed by atoms with Crippen LogP contribution in [0.25, 0.3) is 0 Å². The Hall–Kier alpha value is -1.68. The smallest absolute Gasteiger partial charge is 0.417 e. The summed E-state index contributed by atoms with van der Waals surface area (Å²) >= 11 is 12.5. The number of carbonyl (C=O) groups excluding carboxylic acids is 1. The monoisotopic (exact) mass is 442 g/mol. The van der Waals surface area contributed by atoms with Gasteiger partial charge in [-0.05, 0) is 38.4 Å². The molecule has 2 rings (SSSR count). The minimum atomic E-state index is -4.68. The number of hydrogen-bond donors (Lipinski definition) is 1. The summed E-state index contributed by atoms with van der Waals surface area (Å²) in [5, 5.41) is -0.655. The van der Waals surface area contributed by atoms with Crippen molar-refractivity contribution < 1.29 is 27.1 Å². The maximum atomic E-state index is 14.2. The van der Waals surface area contributed by atoms with Gasteiger partial charge in [-0.1, -0.05) is 23.2 Å². The third-order valence-corrected chi connectivity index (χ3v) is 4.32. The second kappa shape index (κ2) is 8.55. The molecule has 2 aromatic carbocycles. The Labute approximate surface area is 166 Å². The predicted molar refractivity (Wildman–Crippen MR) is 96.7 cm³/mol. The largest absolute Gasteiger partial charge is 0.456 e. The molecule has 0 aromatic heterocycles. The van der Waals surface area contributed by atoms with Crippen molar-refractivity contribution in [3.05, 3.63) is 57.3 Å². The van der Waals surface area contributed by atoms with E-state index >= 15 is 0 Å². The summed E-state index contributed by atoms with van der Waals surface area (Å²) in [6.45, 7) is 0. The second-order valence-electron chi connectivity index (χ2n) is 5.34.